The van der Waals surface area contributed by atoms with Gasteiger partial charge in [-0.2, -0.15) is 0 Å². The Morgan fingerprint density at radius 2 is 1.82 bits per heavy atom. The molecule has 0 aromatic heterocycles. The molecular formula is C23H27ClN2O2. The largest absolute Gasteiger partial charge is 0.379 e. The van der Waals surface area contributed by atoms with E-state index in [0.29, 0.717) is 11.6 Å². The molecule has 5 heteroatoms. The number of amides is 1. The van der Waals surface area contributed by atoms with Crippen LogP contribution in [0.3, 0.4) is 0 Å². The fraction of sp³-hybridized carbons (Fsp3) is 0.435. The smallest absolute Gasteiger partial charge is 0.230 e. The van der Waals surface area contributed by atoms with E-state index in [9.17, 15) is 4.79 Å². The molecule has 0 spiro atoms. The summed E-state index contributed by atoms with van der Waals surface area (Å²) in [5.74, 6) is 0.113. The van der Waals surface area contributed by atoms with Crippen molar-refractivity contribution in [3.63, 3.8) is 0 Å². The van der Waals surface area contributed by atoms with Crippen LogP contribution < -0.4 is 5.32 Å². The minimum atomic E-state index is -0.427. The van der Waals surface area contributed by atoms with Crippen LogP contribution in [-0.2, 0) is 28.0 Å². The number of carbonyl (C=O) groups is 1. The van der Waals surface area contributed by atoms with Gasteiger partial charge in [-0.25, -0.2) is 0 Å². The van der Waals surface area contributed by atoms with Gasteiger partial charge in [0, 0.05) is 31.2 Å². The van der Waals surface area contributed by atoms with Crippen LogP contribution in [0.25, 0.3) is 0 Å². The minimum Gasteiger partial charge on any atom is -0.379 e. The van der Waals surface area contributed by atoms with E-state index in [0.717, 1.165) is 57.7 Å². The zero-order valence-electron chi connectivity index (χ0n) is 16.1. The highest BCUT2D eigenvalue weighted by atomic mass is 35.5. The van der Waals surface area contributed by atoms with Crippen LogP contribution in [0.15, 0.2) is 48.5 Å². The molecule has 1 amide bonds. The second kappa shape index (κ2) is 8.64. The van der Waals surface area contributed by atoms with E-state index >= 15 is 0 Å². The van der Waals surface area contributed by atoms with Crippen molar-refractivity contribution in [1.82, 2.24) is 10.2 Å². The summed E-state index contributed by atoms with van der Waals surface area (Å²) in [5.41, 5.74) is 3.06. The number of nitrogens with zero attached hydrogens (tertiary/aromatic N) is 1. The third-order valence-electron chi connectivity index (χ3n) is 6.07. The van der Waals surface area contributed by atoms with Crippen LogP contribution in [0, 0.1) is 0 Å². The topological polar surface area (TPSA) is 41.6 Å². The van der Waals surface area contributed by atoms with Gasteiger partial charge >= 0.3 is 0 Å². The molecule has 148 valence electrons. The molecule has 1 saturated heterocycles. The lowest BCUT2D eigenvalue weighted by atomic mass is 9.64. The molecular weight excluding hydrogens is 372 g/mol. The Kier molecular flexibility index (Phi) is 6.00. The van der Waals surface area contributed by atoms with Crippen LogP contribution in [0.1, 0.15) is 36.0 Å². The van der Waals surface area contributed by atoms with E-state index in [1.165, 1.54) is 11.1 Å². The number of morpholine rings is 1. The molecule has 0 radical (unpaired) electrons. The maximum atomic E-state index is 13.2. The normalized spacial score (nSPS) is 19.0. The summed E-state index contributed by atoms with van der Waals surface area (Å²) in [6, 6.07) is 16.1. The number of hydrogen-bond donors (Lipinski definition) is 1. The molecule has 1 heterocycles. The molecule has 1 aliphatic carbocycles. The molecule has 0 bridgehead atoms. The zero-order valence-corrected chi connectivity index (χ0v) is 16.9. The van der Waals surface area contributed by atoms with E-state index in [2.05, 4.69) is 28.4 Å². The third kappa shape index (κ3) is 4.09. The van der Waals surface area contributed by atoms with Gasteiger partial charge in [-0.1, -0.05) is 54.4 Å². The Labute approximate surface area is 171 Å². The second-order valence-corrected chi connectivity index (χ2v) is 8.22. The SMILES string of the molecule is O=C(NCc1ccccc1CN1CCOCC1)C1(c2cccc(Cl)c2)CCC1. The molecule has 2 aromatic rings. The van der Waals surface area contributed by atoms with E-state index in [1.807, 2.05) is 30.3 Å². The number of hydrogen-bond acceptors (Lipinski definition) is 3. The van der Waals surface area contributed by atoms with Gasteiger partial charge in [0.1, 0.15) is 0 Å². The van der Waals surface area contributed by atoms with Gasteiger partial charge in [-0.15, -0.1) is 0 Å². The number of carbonyl (C=O) groups excluding carboxylic acids is 1. The highest BCUT2D eigenvalue weighted by molar-refractivity contribution is 6.30. The van der Waals surface area contributed by atoms with Crippen LogP contribution in [-0.4, -0.2) is 37.1 Å². The van der Waals surface area contributed by atoms with E-state index in [4.69, 9.17) is 16.3 Å². The average molecular weight is 399 g/mol. The van der Waals surface area contributed by atoms with Crippen LogP contribution in [0.2, 0.25) is 5.02 Å². The van der Waals surface area contributed by atoms with Gasteiger partial charge < -0.3 is 10.1 Å². The Morgan fingerprint density at radius 1 is 1.07 bits per heavy atom. The van der Waals surface area contributed by atoms with Gasteiger partial charge in [0.2, 0.25) is 5.91 Å². The standard InChI is InChI=1S/C23H27ClN2O2/c24-21-8-3-7-20(15-21)23(9-4-10-23)22(27)25-16-18-5-1-2-6-19(18)17-26-11-13-28-14-12-26/h1-3,5-8,15H,4,9-14,16-17H2,(H,25,27). The number of rotatable bonds is 6. The first-order valence-corrected chi connectivity index (χ1v) is 10.5. The Hall–Kier alpha value is -1.88. The van der Waals surface area contributed by atoms with E-state index in [1.54, 1.807) is 0 Å². The fourth-order valence-electron chi connectivity index (χ4n) is 4.19. The lowest BCUT2D eigenvalue weighted by molar-refractivity contribution is -0.130. The second-order valence-electron chi connectivity index (χ2n) is 7.79. The first kappa shape index (κ1) is 19.4. The molecule has 28 heavy (non-hydrogen) atoms. The van der Waals surface area contributed by atoms with Gasteiger partial charge in [0.15, 0.2) is 0 Å². The molecule has 4 rings (SSSR count). The molecule has 4 nitrogen and oxygen atoms in total. The molecule has 1 N–H and O–H groups in total. The molecule has 2 aliphatic rings. The quantitative estimate of drug-likeness (QED) is 0.802. The molecule has 1 saturated carbocycles. The highest BCUT2D eigenvalue weighted by Gasteiger charge is 2.45. The Bertz CT molecular complexity index is 829. The number of halogens is 1. The van der Waals surface area contributed by atoms with Crippen molar-refractivity contribution in [1.29, 1.82) is 0 Å². The summed E-state index contributed by atoms with van der Waals surface area (Å²) in [6.45, 7) is 4.95. The summed E-state index contributed by atoms with van der Waals surface area (Å²) >= 11 is 6.18. The first-order valence-electron chi connectivity index (χ1n) is 10.1. The summed E-state index contributed by atoms with van der Waals surface area (Å²) in [4.78, 5) is 15.6. The van der Waals surface area contributed by atoms with Crippen LogP contribution in [0.4, 0.5) is 0 Å². The lowest BCUT2D eigenvalue weighted by Crippen LogP contribution is -2.49. The van der Waals surface area contributed by atoms with Crippen molar-refractivity contribution in [2.24, 2.45) is 0 Å². The maximum absolute atomic E-state index is 13.2. The molecule has 2 fully saturated rings. The first-order chi connectivity index (χ1) is 13.7. The number of benzene rings is 2. The number of nitrogens with one attached hydrogen (secondary N) is 1. The lowest BCUT2D eigenvalue weighted by Gasteiger charge is -2.41. The Morgan fingerprint density at radius 3 is 2.50 bits per heavy atom. The molecule has 1 aliphatic heterocycles. The van der Waals surface area contributed by atoms with Crippen molar-refractivity contribution in [3.8, 4) is 0 Å². The van der Waals surface area contributed by atoms with Crippen molar-refractivity contribution in [3.05, 3.63) is 70.2 Å². The monoisotopic (exact) mass is 398 g/mol. The maximum Gasteiger partial charge on any atom is 0.230 e. The fourth-order valence-corrected chi connectivity index (χ4v) is 4.38. The van der Waals surface area contributed by atoms with E-state index in [-0.39, 0.29) is 5.91 Å². The van der Waals surface area contributed by atoms with Crippen molar-refractivity contribution in [2.75, 3.05) is 26.3 Å². The van der Waals surface area contributed by atoms with Crippen molar-refractivity contribution < 1.29 is 9.53 Å². The minimum absolute atomic E-state index is 0.113. The molecule has 2 aromatic carbocycles. The molecule has 0 atom stereocenters. The summed E-state index contributed by atoms with van der Waals surface area (Å²) in [6.07, 6.45) is 2.84. The van der Waals surface area contributed by atoms with Crippen molar-refractivity contribution >= 4 is 17.5 Å². The average Bonchev–Trinajstić information content (AvgIpc) is 2.67. The van der Waals surface area contributed by atoms with E-state index < -0.39 is 5.41 Å². The predicted octanol–water partition coefficient (Wildman–Crippen LogP) is 3.91. The summed E-state index contributed by atoms with van der Waals surface area (Å²) < 4.78 is 5.45. The van der Waals surface area contributed by atoms with Crippen LogP contribution >= 0.6 is 11.6 Å². The third-order valence-corrected chi connectivity index (χ3v) is 6.31. The van der Waals surface area contributed by atoms with Gasteiger partial charge in [0.25, 0.3) is 0 Å². The molecule has 0 unspecified atom stereocenters. The Balaban J connectivity index is 1.44. The zero-order chi connectivity index (χ0) is 19.4. The highest BCUT2D eigenvalue weighted by Crippen LogP contribution is 2.44. The summed E-state index contributed by atoms with van der Waals surface area (Å²) in [7, 11) is 0. The van der Waals surface area contributed by atoms with Crippen molar-refractivity contribution in [2.45, 2.75) is 37.8 Å². The van der Waals surface area contributed by atoms with Crippen LogP contribution in [0.5, 0.6) is 0 Å². The summed E-state index contributed by atoms with van der Waals surface area (Å²) in [5, 5.41) is 3.90. The number of ether oxygens (including phenoxy) is 1. The van der Waals surface area contributed by atoms with Gasteiger partial charge in [0.05, 0.1) is 18.6 Å². The van der Waals surface area contributed by atoms with Gasteiger partial charge in [-0.3, -0.25) is 9.69 Å². The predicted molar refractivity (Wildman–Crippen MR) is 111 cm³/mol. The van der Waals surface area contributed by atoms with Gasteiger partial charge in [-0.05, 0) is 41.7 Å².